The van der Waals surface area contributed by atoms with Gasteiger partial charge in [-0.25, -0.2) is 0 Å². The van der Waals surface area contributed by atoms with Gasteiger partial charge in [0.05, 0.1) is 5.41 Å². The normalized spacial score (nSPS) is 13.0. The second-order valence-corrected chi connectivity index (χ2v) is 7.98. The molecular formula is C15H23N3S. The molecule has 2 aromatic rings. The number of hydrogen-bond donors (Lipinski definition) is 0. The molecule has 2 aromatic heterocycles. The molecule has 0 aliphatic carbocycles. The first-order chi connectivity index (χ1) is 8.64. The molecule has 0 spiro atoms. The SMILES string of the molecule is Cc1ccc(C(C)(C)c2nnc(C(C)(C)C)n2C)s1. The molecule has 0 unspecified atom stereocenters. The van der Waals surface area contributed by atoms with E-state index in [1.807, 2.05) is 11.3 Å². The van der Waals surface area contributed by atoms with E-state index in [2.05, 4.69) is 75.5 Å². The fourth-order valence-electron chi connectivity index (χ4n) is 2.41. The van der Waals surface area contributed by atoms with Crippen molar-refractivity contribution in [2.45, 2.75) is 52.4 Å². The molecule has 2 heterocycles. The van der Waals surface area contributed by atoms with Crippen molar-refractivity contribution in [2.24, 2.45) is 7.05 Å². The molecule has 19 heavy (non-hydrogen) atoms. The van der Waals surface area contributed by atoms with Gasteiger partial charge in [0.25, 0.3) is 0 Å². The van der Waals surface area contributed by atoms with E-state index in [4.69, 9.17) is 0 Å². The first-order valence-corrected chi connectivity index (χ1v) is 7.43. The summed E-state index contributed by atoms with van der Waals surface area (Å²) in [7, 11) is 2.07. The van der Waals surface area contributed by atoms with Crippen molar-refractivity contribution >= 4 is 11.3 Å². The summed E-state index contributed by atoms with van der Waals surface area (Å²) >= 11 is 1.83. The Hall–Kier alpha value is -1.16. The predicted octanol–water partition coefficient (Wildman–Crippen LogP) is 3.81. The van der Waals surface area contributed by atoms with Crippen LogP contribution < -0.4 is 0 Å². The molecule has 0 radical (unpaired) electrons. The van der Waals surface area contributed by atoms with Crippen molar-refractivity contribution in [2.75, 3.05) is 0 Å². The van der Waals surface area contributed by atoms with Crippen LogP contribution in [0.5, 0.6) is 0 Å². The van der Waals surface area contributed by atoms with Crippen LogP contribution in [0.25, 0.3) is 0 Å². The van der Waals surface area contributed by atoms with Gasteiger partial charge in [0, 0.05) is 22.2 Å². The maximum Gasteiger partial charge on any atom is 0.143 e. The molecule has 0 atom stereocenters. The van der Waals surface area contributed by atoms with E-state index in [0.717, 1.165) is 11.6 Å². The van der Waals surface area contributed by atoms with Crippen LogP contribution in [-0.2, 0) is 17.9 Å². The highest BCUT2D eigenvalue weighted by atomic mass is 32.1. The number of thiophene rings is 1. The summed E-state index contributed by atoms with van der Waals surface area (Å²) in [4.78, 5) is 2.67. The fraction of sp³-hybridized carbons (Fsp3) is 0.600. The average molecular weight is 277 g/mol. The topological polar surface area (TPSA) is 30.7 Å². The molecule has 4 heteroatoms. The number of hydrogen-bond acceptors (Lipinski definition) is 3. The van der Waals surface area contributed by atoms with E-state index in [0.29, 0.717) is 0 Å². The Morgan fingerprint density at radius 1 is 1.00 bits per heavy atom. The molecule has 3 nitrogen and oxygen atoms in total. The molecule has 0 fully saturated rings. The Balaban J connectivity index is 2.50. The molecule has 0 saturated heterocycles. The zero-order valence-electron chi connectivity index (χ0n) is 12.9. The molecule has 0 N–H and O–H groups in total. The van der Waals surface area contributed by atoms with Crippen molar-refractivity contribution < 1.29 is 0 Å². The van der Waals surface area contributed by atoms with Crippen LogP contribution in [-0.4, -0.2) is 14.8 Å². The number of aromatic nitrogens is 3. The molecule has 104 valence electrons. The average Bonchev–Trinajstić information content (AvgIpc) is 2.83. The van der Waals surface area contributed by atoms with Crippen molar-refractivity contribution in [1.82, 2.24) is 14.8 Å². The minimum atomic E-state index is -0.107. The minimum absolute atomic E-state index is 0.0153. The zero-order chi connectivity index (χ0) is 14.4. The number of rotatable bonds is 2. The van der Waals surface area contributed by atoms with Gasteiger partial charge in [0.1, 0.15) is 11.6 Å². The van der Waals surface area contributed by atoms with E-state index < -0.39 is 0 Å². The zero-order valence-corrected chi connectivity index (χ0v) is 13.7. The highest BCUT2D eigenvalue weighted by Gasteiger charge is 2.32. The third-order valence-electron chi connectivity index (χ3n) is 3.46. The first-order valence-electron chi connectivity index (χ1n) is 6.61. The summed E-state index contributed by atoms with van der Waals surface area (Å²) in [5, 5.41) is 8.86. The third-order valence-corrected chi connectivity index (χ3v) is 4.79. The van der Waals surface area contributed by atoms with Gasteiger partial charge in [-0.3, -0.25) is 0 Å². The van der Waals surface area contributed by atoms with Crippen LogP contribution in [0.3, 0.4) is 0 Å². The van der Waals surface area contributed by atoms with E-state index in [9.17, 15) is 0 Å². The Kier molecular flexibility index (Phi) is 3.33. The maximum atomic E-state index is 4.46. The second-order valence-electron chi connectivity index (χ2n) is 6.69. The van der Waals surface area contributed by atoms with Gasteiger partial charge < -0.3 is 4.57 Å². The number of aryl methyl sites for hydroxylation is 1. The monoisotopic (exact) mass is 277 g/mol. The van der Waals surface area contributed by atoms with E-state index in [-0.39, 0.29) is 10.8 Å². The van der Waals surface area contributed by atoms with Gasteiger partial charge in [-0.1, -0.05) is 20.8 Å². The Morgan fingerprint density at radius 2 is 1.58 bits per heavy atom. The van der Waals surface area contributed by atoms with Crippen LogP contribution in [0.2, 0.25) is 0 Å². The Bertz CT molecular complexity index is 585. The van der Waals surface area contributed by atoms with Crippen molar-refractivity contribution in [3.63, 3.8) is 0 Å². The summed E-state index contributed by atoms with van der Waals surface area (Å²) < 4.78 is 2.15. The van der Waals surface area contributed by atoms with Gasteiger partial charge in [-0.2, -0.15) is 0 Å². The highest BCUT2D eigenvalue weighted by molar-refractivity contribution is 7.12. The van der Waals surface area contributed by atoms with Crippen molar-refractivity contribution in [1.29, 1.82) is 0 Å². The van der Waals surface area contributed by atoms with E-state index in [1.165, 1.54) is 9.75 Å². The lowest BCUT2D eigenvalue weighted by molar-refractivity contribution is 0.502. The van der Waals surface area contributed by atoms with Crippen molar-refractivity contribution in [3.05, 3.63) is 33.5 Å². The lowest BCUT2D eigenvalue weighted by Crippen LogP contribution is -2.25. The summed E-state index contributed by atoms with van der Waals surface area (Å²) in [6.45, 7) is 13.1. The predicted molar refractivity (Wildman–Crippen MR) is 80.9 cm³/mol. The molecule has 0 aromatic carbocycles. The quantitative estimate of drug-likeness (QED) is 0.835. The smallest absolute Gasteiger partial charge is 0.143 e. The minimum Gasteiger partial charge on any atom is -0.317 e. The lowest BCUT2D eigenvalue weighted by atomic mass is 9.89. The van der Waals surface area contributed by atoms with Crippen LogP contribution in [0.1, 0.15) is 56.0 Å². The van der Waals surface area contributed by atoms with Crippen molar-refractivity contribution in [3.8, 4) is 0 Å². The summed E-state index contributed by atoms with van der Waals surface area (Å²) in [6, 6.07) is 4.37. The number of nitrogens with zero attached hydrogens (tertiary/aromatic N) is 3. The van der Waals surface area contributed by atoms with E-state index >= 15 is 0 Å². The summed E-state index contributed by atoms with van der Waals surface area (Å²) in [5.74, 6) is 2.06. The lowest BCUT2D eigenvalue weighted by Gasteiger charge is -2.24. The molecule has 0 amide bonds. The second kappa shape index (κ2) is 4.44. The van der Waals surface area contributed by atoms with Crippen LogP contribution in [0, 0.1) is 6.92 Å². The van der Waals surface area contributed by atoms with E-state index in [1.54, 1.807) is 0 Å². The summed E-state index contributed by atoms with van der Waals surface area (Å²) in [6.07, 6.45) is 0. The van der Waals surface area contributed by atoms with Crippen LogP contribution >= 0.6 is 11.3 Å². The molecule has 0 saturated carbocycles. The maximum absolute atomic E-state index is 4.46. The van der Waals surface area contributed by atoms with Crippen LogP contribution in [0.4, 0.5) is 0 Å². The fourth-order valence-corrected chi connectivity index (χ4v) is 3.37. The standard InChI is InChI=1S/C15H23N3S/c1-10-8-9-11(19-10)15(5,6)13-17-16-12(18(13)7)14(2,3)4/h8-9H,1-7H3. The van der Waals surface area contributed by atoms with Gasteiger partial charge in [-0.15, -0.1) is 21.5 Å². The molecule has 0 bridgehead atoms. The van der Waals surface area contributed by atoms with Gasteiger partial charge in [-0.05, 0) is 32.9 Å². The third kappa shape index (κ3) is 2.46. The van der Waals surface area contributed by atoms with Gasteiger partial charge in [0.15, 0.2) is 0 Å². The molecule has 0 aliphatic rings. The summed E-state index contributed by atoms with van der Waals surface area (Å²) in [5.41, 5.74) is -0.0916. The van der Waals surface area contributed by atoms with Gasteiger partial charge >= 0.3 is 0 Å². The largest absolute Gasteiger partial charge is 0.317 e. The molecule has 0 aliphatic heterocycles. The first kappa shape index (κ1) is 14.3. The van der Waals surface area contributed by atoms with Gasteiger partial charge in [0.2, 0.25) is 0 Å². The Morgan fingerprint density at radius 3 is 2.00 bits per heavy atom. The molecular weight excluding hydrogens is 254 g/mol. The molecule has 2 rings (SSSR count). The Labute approximate surface area is 119 Å². The highest BCUT2D eigenvalue weighted by Crippen LogP contribution is 2.35. The van der Waals surface area contributed by atoms with Crippen LogP contribution in [0.15, 0.2) is 12.1 Å².